The molecule has 0 rings (SSSR count). The minimum atomic E-state index is -0.740. The number of hydrogen-bond acceptors (Lipinski definition) is 1. The molecule has 0 aromatic rings. The maximum absolute atomic E-state index is 10.5. The summed E-state index contributed by atoms with van der Waals surface area (Å²) in [5.41, 5.74) is 0. The highest BCUT2D eigenvalue weighted by molar-refractivity contribution is 9.10. The molecule has 84 valence electrons. The summed E-state index contributed by atoms with van der Waals surface area (Å²) in [6.07, 6.45) is 9.43. The van der Waals surface area contributed by atoms with E-state index >= 15 is 0 Å². The molecule has 0 fully saturated rings. The van der Waals surface area contributed by atoms with Crippen LogP contribution in [0.15, 0.2) is 0 Å². The van der Waals surface area contributed by atoms with E-state index in [1.165, 1.54) is 38.5 Å². The molecule has 0 aliphatic rings. The van der Waals surface area contributed by atoms with Crippen LogP contribution < -0.4 is 0 Å². The summed E-state index contributed by atoms with van der Waals surface area (Å²) in [7, 11) is 0. The van der Waals surface area contributed by atoms with E-state index in [1.807, 2.05) is 0 Å². The summed E-state index contributed by atoms with van der Waals surface area (Å²) in [5, 5.41) is 8.61. The van der Waals surface area contributed by atoms with Gasteiger partial charge in [0.1, 0.15) is 4.83 Å². The zero-order chi connectivity index (χ0) is 10.8. The van der Waals surface area contributed by atoms with E-state index in [2.05, 4.69) is 22.9 Å². The third-order valence-corrected chi connectivity index (χ3v) is 3.18. The first-order valence-corrected chi connectivity index (χ1v) is 6.47. The SMILES string of the molecule is CCCCCCCCCC(Br)C(=O)O. The molecule has 1 N–H and O–H groups in total. The van der Waals surface area contributed by atoms with Crippen LogP contribution in [-0.4, -0.2) is 15.9 Å². The van der Waals surface area contributed by atoms with Gasteiger partial charge in [-0.2, -0.15) is 0 Å². The molecule has 0 heterocycles. The summed E-state index contributed by atoms with van der Waals surface area (Å²) in [6.45, 7) is 2.21. The third-order valence-electron chi connectivity index (χ3n) is 2.33. The van der Waals surface area contributed by atoms with E-state index in [-0.39, 0.29) is 4.83 Å². The van der Waals surface area contributed by atoms with Crippen LogP contribution in [0.3, 0.4) is 0 Å². The van der Waals surface area contributed by atoms with Gasteiger partial charge in [0.25, 0.3) is 0 Å². The lowest BCUT2D eigenvalue weighted by Crippen LogP contribution is -2.11. The van der Waals surface area contributed by atoms with E-state index in [0.717, 1.165) is 12.8 Å². The van der Waals surface area contributed by atoms with Gasteiger partial charge >= 0.3 is 5.97 Å². The first-order chi connectivity index (χ1) is 6.68. The highest BCUT2D eigenvalue weighted by Crippen LogP contribution is 2.13. The lowest BCUT2D eigenvalue weighted by Gasteiger charge is -2.03. The lowest BCUT2D eigenvalue weighted by molar-refractivity contribution is -0.136. The van der Waals surface area contributed by atoms with Gasteiger partial charge in [-0.05, 0) is 6.42 Å². The molecule has 0 radical (unpaired) electrons. The fraction of sp³-hybridized carbons (Fsp3) is 0.909. The van der Waals surface area contributed by atoms with E-state index < -0.39 is 5.97 Å². The molecule has 0 saturated heterocycles. The maximum Gasteiger partial charge on any atom is 0.317 e. The molecule has 0 aliphatic heterocycles. The summed E-state index contributed by atoms with van der Waals surface area (Å²) in [6, 6.07) is 0. The van der Waals surface area contributed by atoms with E-state index in [9.17, 15) is 4.79 Å². The first kappa shape index (κ1) is 13.9. The van der Waals surface area contributed by atoms with Gasteiger partial charge in [0.2, 0.25) is 0 Å². The summed E-state index contributed by atoms with van der Waals surface area (Å²) < 4.78 is 0. The van der Waals surface area contributed by atoms with Crippen molar-refractivity contribution in [3.05, 3.63) is 0 Å². The average molecular weight is 265 g/mol. The molecule has 1 atom stereocenters. The zero-order valence-electron chi connectivity index (χ0n) is 8.97. The maximum atomic E-state index is 10.5. The normalized spacial score (nSPS) is 12.7. The first-order valence-electron chi connectivity index (χ1n) is 5.55. The number of carbonyl (C=O) groups is 1. The Balaban J connectivity index is 3.09. The van der Waals surface area contributed by atoms with Gasteiger partial charge in [-0.15, -0.1) is 0 Å². The van der Waals surface area contributed by atoms with Crippen molar-refractivity contribution in [1.82, 2.24) is 0 Å². The predicted molar refractivity (Wildman–Crippen MR) is 63.0 cm³/mol. The number of aliphatic carboxylic acids is 1. The Hall–Kier alpha value is -0.0500. The van der Waals surface area contributed by atoms with Crippen LogP contribution in [0.2, 0.25) is 0 Å². The van der Waals surface area contributed by atoms with Crippen LogP contribution in [0.5, 0.6) is 0 Å². The van der Waals surface area contributed by atoms with Crippen molar-refractivity contribution in [1.29, 1.82) is 0 Å². The van der Waals surface area contributed by atoms with Crippen LogP contribution in [0, 0.1) is 0 Å². The van der Waals surface area contributed by atoms with Crippen LogP contribution in [0.4, 0.5) is 0 Å². The second-order valence-corrected chi connectivity index (χ2v) is 4.82. The van der Waals surface area contributed by atoms with E-state index in [0.29, 0.717) is 0 Å². The van der Waals surface area contributed by atoms with Gasteiger partial charge in [-0.25, -0.2) is 0 Å². The molecule has 0 saturated carbocycles. The molecule has 0 aromatic heterocycles. The van der Waals surface area contributed by atoms with Crippen molar-refractivity contribution in [2.45, 2.75) is 63.1 Å². The van der Waals surface area contributed by atoms with Gasteiger partial charge in [-0.1, -0.05) is 67.8 Å². The highest BCUT2D eigenvalue weighted by Gasteiger charge is 2.11. The fourth-order valence-electron chi connectivity index (χ4n) is 1.40. The average Bonchev–Trinajstić information content (AvgIpc) is 2.16. The quantitative estimate of drug-likeness (QED) is 0.506. The topological polar surface area (TPSA) is 37.3 Å². The highest BCUT2D eigenvalue weighted by atomic mass is 79.9. The van der Waals surface area contributed by atoms with Crippen molar-refractivity contribution in [3.63, 3.8) is 0 Å². The Bertz CT molecular complexity index is 148. The molecule has 0 bridgehead atoms. The monoisotopic (exact) mass is 264 g/mol. The summed E-state index contributed by atoms with van der Waals surface area (Å²) in [4.78, 5) is 10.1. The second kappa shape index (κ2) is 9.50. The van der Waals surface area contributed by atoms with E-state index in [4.69, 9.17) is 5.11 Å². The van der Waals surface area contributed by atoms with Gasteiger partial charge in [0.05, 0.1) is 0 Å². The van der Waals surface area contributed by atoms with Crippen molar-refractivity contribution in [3.8, 4) is 0 Å². The molecule has 0 aliphatic carbocycles. The number of hydrogen-bond donors (Lipinski definition) is 1. The Morgan fingerprint density at radius 3 is 2.14 bits per heavy atom. The van der Waals surface area contributed by atoms with Crippen LogP contribution in [0.25, 0.3) is 0 Å². The Kier molecular flexibility index (Phi) is 9.47. The van der Waals surface area contributed by atoms with Crippen molar-refractivity contribution in [2.75, 3.05) is 0 Å². The standard InChI is InChI=1S/C11H21BrO2/c1-2-3-4-5-6-7-8-9-10(12)11(13)14/h10H,2-9H2,1H3,(H,13,14). The molecule has 0 spiro atoms. The largest absolute Gasteiger partial charge is 0.480 e. The molecule has 14 heavy (non-hydrogen) atoms. The minimum Gasteiger partial charge on any atom is -0.480 e. The molecular formula is C11H21BrO2. The molecular weight excluding hydrogens is 244 g/mol. The van der Waals surface area contributed by atoms with Crippen LogP contribution >= 0.6 is 15.9 Å². The minimum absolute atomic E-state index is 0.349. The number of halogens is 1. The Labute approximate surface area is 95.2 Å². The van der Waals surface area contributed by atoms with Crippen molar-refractivity contribution >= 4 is 21.9 Å². The Morgan fingerprint density at radius 1 is 1.14 bits per heavy atom. The molecule has 3 heteroatoms. The van der Waals surface area contributed by atoms with Gasteiger partial charge < -0.3 is 5.11 Å². The number of rotatable bonds is 9. The molecule has 0 amide bonds. The van der Waals surface area contributed by atoms with Crippen LogP contribution in [0.1, 0.15) is 58.3 Å². The number of alkyl halides is 1. The van der Waals surface area contributed by atoms with Gasteiger partial charge in [0, 0.05) is 0 Å². The van der Waals surface area contributed by atoms with Crippen molar-refractivity contribution < 1.29 is 9.90 Å². The van der Waals surface area contributed by atoms with Crippen molar-refractivity contribution in [2.24, 2.45) is 0 Å². The van der Waals surface area contributed by atoms with Crippen LogP contribution in [-0.2, 0) is 4.79 Å². The van der Waals surface area contributed by atoms with Gasteiger partial charge in [0.15, 0.2) is 0 Å². The Morgan fingerprint density at radius 2 is 1.64 bits per heavy atom. The number of carboxylic acid groups (broad SMARTS) is 1. The predicted octanol–water partition coefficient (Wildman–Crippen LogP) is 3.98. The lowest BCUT2D eigenvalue weighted by atomic mass is 10.1. The second-order valence-electron chi connectivity index (χ2n) is 3.72. The van der Waals surface area contributed by atoms with E-state index in [1.54, 1.807) is 0 Å². The molecule has 2 nitrogen and oxygen atoms in total. The molecule has 0 aromatic carbocycles. The summed E-state index contributed by atoms with van der Waals surface area (Å²) >= 11 is 3.14. The smallest absolute Gasteiger partial charge is 0.317 e. The number of unbranched alkanes of at least 4 members (excludes halogenated alkanes) is 6. The number of carboxylic acids is 1. The summed E-state index contributed by atoms with van der Waals surface area (Å²) in [5.74, 6) is -0.740. The van der Waals surface area contributed by atoms with Gasteiger partial charge in [-0.3, -0.25) is 4.79 Å². The fourth-order valence-corrected chi connectivity index (χ4v) is 1.73. The third kappa shape index (κ3) is 8.54. The zero-order valence-corrected chi connectivity index (χ0v) is 10.6. The molecule has 1 unspecified atom stereocenters.